The lowest BCUT2D eigenvalue weighted by Crippen LogP contribution is -2.39. The number of ether oxygens (including phenoxy) is 1. The summed E-state index contributed by atoms with van der Waals surface area (Å²) in [4.78, 5) is 4.53. The Labute approximate surface area is 171 Å². The number of aryl methyl sites for hydroxylation is 1. The number of aromatic nitrogens is 2. The molecule has 0 bridgehead atoms. The van der Waals surface area contributed by atoms with E-state index in [0.29, 0.717) is 12.3 Å². The lowest BCUT2D eigenvalue weighted by Gasteiger charge is -2.15. The van der Waals surface area contributed by atoms with E-state index >= 15 is 0 Å². The van der Waals surface area contributed by atoms with Gasteiger partial charge in [-0.25, -0.2) is 9.38 Å². The zero-order chi connectivity index (χ0) is 18.1. The maximum atomic E-state index is 12.9. The number of nitrogens with one attached hydrogen (secondary N) is 2. The van der Waals surface area contributed by atoms with Gasteiger partial charge in [0.2, 0.25) is 0 Å². The van der Waals surface area contributed by atoms with Gasteiger partial charge in [-0.15, -0.1) is 24.0 Å². The third kappa shape index (κ3) is 8.03. The van der Waals surface area contributed by atoms with Gasteiger partial charge in [-0.05, 0) is 50.6 Å². The molecule has 8 heteroatoms. The third-order valence-electron chi connectivity index (χ3n) is 3.40. The highest BCUT2D eigenvalue weighted by atomic mass is 127. The minimum atomic E-state index is -0.274. The van der Waals surface area contributed by atoms with Crippen molar-refractivity contribution in [1.29, 1.82) is 0 Å². The van der Waals surface area contributed by atoms with Crippen molar-refractivity contribution < 1.29 is 9.13 Å². The van der Waals surface area contributed by atoms with E-state index in [9.17, 15) is 4.39 Å². The second kappa shape index (κ2) is 11.7. The fraction of sp³-hybridized carbons (Fsp3) is 0.444. The summed E-state index contributed by atoms with van der Waals surface area (Å²) in [5.74, 6) is 1.10. The fourth-order valence-electron chi connectivity index (χ4n) is 2.22. The molecule has 2 aromatic rings. The molecule has 0 aliphatic carbocycles. The minimum Gasteiger partial charge on any atom is -0.489 e. The van der Waals surface area contributed by atoms with Crippen LogP contribution in [0.3, 0.4) is 0 Å². The Morgan fingerprint density at radius 2 is 2.04 bits per heavy atom. The van der Waals surface area contributed by atoms with Crippen molar-refractivity contribution in [3.05, 3.63) is 48.0 Å². The molecule has 1 aromatic carbocycles. The molecule has 1 heterocycles. The monoisotopic (exact) mass is 475 g/mol. The molecule has 0 fully saturated rings. The van der Waals surface area contributed by atoms with E-state index in [1.54, 1.807) is 12.1 Å². The molecule has 0 aliphatic heterocycles. The summed E-state index contributed by atoms with van der Waals surface area (Å²) >= 11 is 0. The van der Waals surface area contributed by atoms with Crippen molar-refractivity contribution in [3.63, 3.8) is 0 Å². The first-order chi connectivity index (χ1) is 12.1. The molecule has 2 rings (SSSR count). The summed E-state index contributed by atoms with van der Waals surface area (Å²) < 4.78 is 20.5. The van der Waals surface area contributed by atoms with Crippen LogP contribution in [0.2, 0.25) is 0 Å². The van der Waals surface area contributed by atoms with Crippen molar-refractivity contribution in [2.45, 2.75) is 33.4 Å². The number of benzene rings is 1. The normalized spacial score (nSPS) is 12.2. The van der Waals surface area contributed by atoms with Crippen LogP contribution in [-0.4, -0.2) is 41.5 Å². The second-order valence-corrected chi connectivity index (χ2v) is 5.81. The number of hydrogen-bond acceptors (Lipinski definition) is 3. The van der Waals surface area contributed by atoms with Crippen LogP contribution in [-0.2, 0) is 6.54 Å². The van der Waals surface area contributed by atoms with Crippen molar-refractivity contribution in [3.8, 4) is 5.75 Å². The number of aliphatic imine (C=N–C) groups is 1. The van der Waals surface area contributed by atoms with Gasteiger partial charge < -0.3 is 15.4 Å². The van der Waals surface area contributed by atoms with Crippen LogP contribution in [0.1, 0.15) is 19.4 Å². The number of rotatable bonds is 8. The molecule has 0 radical (unpaired) electrons. The van der Waals surface area contributed by atoms with Gasteiger partial charge in [-0.2, -0.15) is 5.10 Å². The Morgan fingerprint density at radius 3 is 2.65 bits per heavy atom. The van der Waals surface area contributed by atoms with Crippen molar-refractivity contribution >= 4 is 29.9 Å². The lowest BCUT2D eigenvalue weighted by molar-refractivity contribution is 0.230. The Balaban J connectivity index is 0.00000338. The van der Waals surface area contributed by atoms with Crippen LogP contribution in [0.25, 0.3) is 0 Å². The molecule has 2 N–H and O–H groups in total. The van der Waals surface area contributed by atoms with Crippen LogP contribution >= 0.6 is 24.0 Å². The maximum absolute atomic E-state index is 12.9. The standard InChI is InChI=1S/C18H26FN5O.HI/c1-4-20-18(21-9-10-24-13-14(2)11-23-24)22-12-15(3)25-17-7-5-16(19)6-8-17;/h5-8,11,13,15H,4,9-10,12H2,1-3H3,(H2,20,21,22);1H. The molecule has 6 nitrogen and oxygen atoms in total. The highest BCUT2D eigenvalue weighted by molar-refractivity contribution is 14.0. The van der Waals surface area contributed by atoms with Gasteiger partial charge in [-0.1, -0.05) is 0 Å². The summed E-state index contributed by atoms with van der Waals surface area (Å²) in [6, 6.07) is 6.00. The maximum Gasteiger partial charge on any atom is 0.191 e. The predicted molar refractivity (Wildman–Crippen MR) is 113 cm³/mol. The first-order valence-corrected chi connectivity index (χ1v) is 8.50. The highest BCUT2D eigenvalue weighted by Crippen LogP contribution is 2.12. The Kier molecular flexibility index (Phi) is 10.0. The van der Waals surface area contributed by atoms with Crippen molar-refractivity contribution in [2.75, 3.05) is 19.6 Å². The van der Waals surface area contributed by atoms with Gasteiger partial charge >= 0.3 is 0 Å². The van der Waals surface area contributed by atoms with Crippen LogP contribution in [0.5, 0.6) is 5.75 Å². The molecule has 0 amide bonds. The largest absolute Gasteiger partial charge is 0.489 e. The van der Waals surface area contributed by atoms with Gasteiger partial charge in [0.15, 0.2) is 5.96 Å². The smallest absolute Gasteiger partial charge is 0.191 e. The van der Waals surface area contributed by atoms with Gasteiger partial charge in [0.25, 0.3) is 0 Å². The first kappa shape index (κ1) is 22.2. The average Bonchev–Trinajstić information content (AvgIpc) is 3.00. The Hall–Kier alpha value is -1.84. The average molecular weight is 475 g/mol. The van der Waals surface area contributed by atoms with Gasteiger partial charge in [0, 0.05) is 19.3 Å². The quantitative estimate of drug-likeness (QED) is 0.350. The minimum absolute atomic E-state index is 0. The van der Waals surface area contributed by atoms with Gasteiger partial charge in [0.1, 0.15) is 17.7 Å². The summed E-state index contributed by atoms with van der Waals surface area (Å²) in [6.45, 7) is 8.73. The van der Waals surface area contributed by atoms with Crippen LogP contribution in [0.4, 0.5) is 4.39 Å². The molecule has 0 saturated heterocycles. The molecule has 0 aliphatic rings. The zero-order valence-corrected chi connectivity index (χ0v) is 17.7. The molecule has 144 valence electrons. The lowest BCUT2D eigenvalue weighted by atomic mass is 10.3. The zero-order valence-electron chi connectivity index (χ0n) is 15.4. The second-order valence-electron chi connectivity index (χ2n) is 5.81. The van der Waals surface area contributed by atoms with Crippen LogP contribution in [0.15, 0.2) is 41.7 Å². The highest BCUT2D eigenvalue weighted by Gasteiger charge is 2.05. The van der Waals surface area contributed by atoms with Crippen LogP contribution in [0, 0.1) is 12.7 Å². The number of hydrogen-bond donors (Lipinski definition) is 2. The van der Waals surface area contributed by atoms with Crippen molar-refractivity contribution in [1.82, 2.24) is 20.4 Å². The van der Waals surface area contributed by atoms with E-state index < -0.39 is 0 Å². The summed E-state index contributed by atoms with van der Waals surface area (Å²) in [5.41, 5.74) is 1.15. The number of guanidine groups is 1. The number of nitrogens with zero attached hydrogens (tertiary/aromatic N) is 3. The topological polar surface area (TPSA) is 63.5 Å². The van der Waals surface area contributed by atoms with E-state index in [1.807, 2.05) is 37.8 Å². The Morgan fingerprint density at radius 1 is 1.31 bits per heavy atom. The van der Waals surface area contributed by atoms with Gasteiger partial charge in [0.05, 0.1) is 19.3 Å². The molecule has 0 saturated carbocycles. The Bertz CT molecular complexity index is 674. The van der Waals surface area contributed by atoms with E-state index in [1.165, 1.54) is 12.1 Å². The molecule has 1 aromatic heterocycles. The third-order valence-corrected chi connectivity index (χ3v) is 3.40. The van der Waals surface area contributed by atoms with E-state index in [-0.39, 0.29) is 35.9 Å². The SMILES string of the molecule is CCNC(=NCC(C)Oc1ccc(F)cc1)NCCn1cc(C)cn1.I. The first-order valence-electron chi connectivity index (χ1n) is 8.50. The van der Waals surface area contributed by atoms with E-state index in [4.69, 9.17) is 4.74 Å². The van der Waals surface area contributed by atoms with Crippen molar-refractivity contribution in [2.24, 2.45) is 4.99 Å². The van der Waals surface area contributed by atoms with Crippen LogP contribution < -0.4 is 15.4 Å². The molecule has 26 heavy (non-hydrogen) atoms. The predicted octanol–water partition coefficient (Wildman–Crippen LogP) is 2.97. The van der Waals surface area contributed by atoms with E-state index in [2.05, 4.69) is 20.7 Å². The number of halogens is 2. The molecule has 1 atom stereocenters. The fourth-order valence-corrected chi connectivity index (χ4v) is 2.22. The molecular formula is C18H27FIN5O. The molecule has 0 spiro atoms. The summed E-state index contributed by atoms with van der Waals surface area (Å²) in [7, 11) is 0. The van der Waals surface area contributed by atoms with E-state index in [0.717, 1.165) is 31.2 Å². The summed E-state index contributed by atoms with van der Waals surface area (Å²) in [5, 5.41) is 10.7. The molecule has 1 unspecified atom stereocenters. The van der Waals surface area contributed by atoms with Gasteiger partial charge in [-0.3, -0.25) is 4.68 Å². The summed E-state index contributed by atoms with van der Waals surface area (Å²) in [6.07, 6.45) is 3.73. The molecular weight excluding hydrogens is 448 g/mol.